The molecule has 0 aromatic heterocycles. The summed E-state index contributed by atoms with van der Waals surface area (Å²) in [5, 5.41) is 10.3. The van der Waals surface area contributed by atoms with Gasteiger partial charge in [-0.25, -0.2) is 0 Å². The Morgan fingerprint density at radius 3 is 2.15 bits per heavy atom. The van der Waals surface area contributed by atoms with E-state index < -0.39 is 0 Å². The van der Waals surface area contributed by atoms with Crippen LogP contribution >= 0.6 is 34.8 Å². The molecular formula is C16H15Cl3O. The molecule has 0 aliphatic carbocycles. The third-order valence-electron chi connectivity index (χ3n) is 3.42. The number of hydrogen-bond acceptors (Lipinski definition) is 1. The number of benzene rings is 2. The van der Waals surface area contributed by atoms with Gasteiger partial charge in [-0.15, -0.1) is 23.2 Å². The van der Waals surface area contributed by atoms with E-state index in [-0.39, 0.29) is 11.2 Å². The van der Waals surface area contributed by atoms with Crippen LogP contribution < -0.4 is 0 Å². The summed E-state index contributed by atoms with van der Waals surface area (Å²) in [6, 6.07) is 14.8. The molecular weight excluding hydrogens is 315 g/mol. The highest BCUT2D eigenvalue weighted by atomic mass is 35.5. The Morgan fingerprint density at radius 2 is 1.60 bits per heavy atom. The lowest BCUT2D eigenvalue weighted by atomic mass is 9.79. The highest BCUT2D eigenvalue weighted by molar-refractivity contribution is 6.30. The molecule has 0 aliphatic rings. The average molecular weight is 330 g/mol. The second kappa shape index (κ2) is 6.71. The largest absolute Gasteiger partial charge is 0.508 e. The molecule has 0 saturated heterocycles. The van der Waals surface area contributed by atoms with E-state index in [1.165, 1.54) is 0 Å². The summed E-state index contributed by atoms with van der Waals surface area (Å²) in [7, 11) is 0. The normalized spacial score (nSPS) is 11.6. The van der Waals surface area contributed by atoms with E-state index in [4.69, 9.17) is 34.8 Å². The summed E-state index contributed by atoms with van der Waals surface area (Å²) in [6.45, 7) is 0. The van der Waals surface area contributed by atoms with Crippen molar-refractivity contribution < 1.29 is 5.11 Å². The number of phenolic OH excluding ortho intramolecular Hbond substituents is 1. The SMILES string of the molecule is Oc1cccc(CC(CCl)(CCl)c2ccc(Cl)cc2)c1. The molecule has 4 heteroatoms. The summed E-state index contributed by atoms with van der Waals surface area (Å²) in [5.41, 5.74) is 1.68. The van der Waals surface area contributed by atoms with E-state index in [1.807, 2.05) is 36.4 Å². The van der Waals surface area contributed by atoms with Gasteiger partial charge in [0.25, 0.3) is 0 Å². The smallest absolute Gasteiger partial charge is 0.115 e. The van der Waals surface area contributed by atoms with Gasteiger partial charge >= 0.3 is 0 Å². The summed E-state index contributed by atoms with van der Waals surface area (Å²) >= 11 is 18.3. The second-order valence-corrected chi connectivity index (χ2v) is 5.87. The van der Waals surface area contributed by atoms with Gasteiger partial charge in [0, 0.05) is 22.2 Å². The fourth-order valence-electron chi connectivity index (χ4n) is 2.25. The van der Waals surface area contributed by atoms with Gasteiger partial charge in [-0.1, -0.05) is 35.9 Å². The molecule has 1 N–H and O–H groups in total. The van der Waals surface area contributed by atoms with E-state index in [0.717, 1.165) is 11.1 Å². The number of rotatable bonds is 5. The lowest BCUT2D eigenvalue weighted by Gasteiger charge is -2.30. The average Bonchev–Trinajstić information content (AvgIpc) is 2.46. The van der Waals surface area contributed by atoms with E-state index in [1.54, 1.807) is 12.1 Å². The molecule has 0 unspecified atom stereocenters. The number of aromatic hydroxyl groups is 1. The van der Waals surface area contributed by atoms with Crippen molar-refractivity contribution in [2.75, 3.05) is 11.8 Å². The molecule has 0 amide bonds. The standard InChI is InChI=1S/C16H15Cl3O/c17-10-16(11-18,13-4-6-14(19)7-5-13)9-12-2-1-3-15(20)8-12/h1-8,20H,9-11H2. The van der Waals surface area contributed by atoms with Crippen molar-refractivity contribution in [1.82, 2.24) is 0 Å². The molecule has 2 aromatic carbocycles. The molecule has 0 bridgehead atoms. The zero-order valence-electron chi connectivity index (χ0n) is 10.8. The summed E-state index contributed by atoms with van der Waals surface area (Å²) in [4.78, 5) is 0. The number of hydrogen-bond donors (Lipinski definition) is 1. The fraction of sp³-hybridized carbons (Fsp3) is 0.250. The van der Waals surface area contributed by atoms with Crippen LogP contribution in [0.1, 0.15) is 11.1 Å². The van der Waals surface area contributed by atoms with Gasteiger partial charge in [0.1, 0.15) is 5.75 Å². The predicted octanol–water partition coefficient (Wildman–Crippen LogP) is 5.00. The maximum Gasteiger partial charge on any atom is 0.115 e. The summed E-state index contributed by atoms with van der Waals surface area (Å²) in [5.74, 6) is 1.04. The molecule has 0 radical (unpaired) electrons. The van der Waals surface area contributed by atoms with E-state index in [2.05, 4.69) is 0 Å². The van der Waals surface area contributed by atoms with Crippen molar-refractivity contribution in [2.24, 2.45) is 0 Å². The van der Waals surface area contributed by atoms with Gasteiger partial charge in [0.2, 0.25) is 0 Å². The number of halogens is 3. The third-order valence-corrected chi connectivity index (χ3v) is 4.70. The van der Waals surface area contributed by atoms with Crippen LogP contribution in [0.5, 0.6) is 5.75 Å². The van der Waals surface area contributed by atoms with Crippen molar-refractivity contribution in [3.8, 4) is 5.75 Å². The van der Waals surface area contributed by atoms with E-state index >= 15 is 0 Å². The van der Waals surface area contributed by atoms with Crippen molar-refractivity contribution in [1.29, 1.82) is 0 Å². The minimum absolute atomic E-state index is 0.247. The lowest BCUT2D eigenvalue weighted by Crippen LogP contribution is -2.33. The molecule has 1 nitrogen and oxygen atoms in total. The Labute approximate surface area is 134 Å². The van der Waals surface area contributed by atoms with Crippen LogP contribution in [0.15, 0.2) is 48.5 Å². The Balaban J connectivity index is 2.36. The minimum Gasteiger partial charge on any atom is -0.508 e. The Hall–Kier alpha value is -0.890. The Kier molecular flexibility index (Phi) is 5.20. The van der Waals surface area contributed by atoms with Gasteiger partial charge in [0.15, 0.2) is 0 Å². The van der Waals surface area contributed by atoms with Gasteiger partial charge < -0.3 is 5.11 Å². The van der Waals surface area contributed by atoms with Crippen molar-refractivity contribution in [3.05, 3.63) is 64.7 Å². The molecule has 0 spiro atoms. The molecule has 0 aliphatic heterocycles. The Bertz CT molecular complexity index is 562. The van der Waals surface area contributed by atoms with Gasteiger partial charge in [-0.05, 0) is 41.8 Å². The van der Waals surface area contributed by atoms with Crippen LogP contribution in [0.4, 0.5) is 0 Å². The van der Waals surface area contributed by atoms with E-state index in [9.17, 15) is 5.11 Å². The number of alkyl halides is 2. The lowest BCUT2D eigenvalue weighted by molar-refractivity contribution is 0.472. The van der Waals surface area contributed by atoms with Crippen LogP contribution in [0.3, 0.4) is 0 Å². The van der Waals surface area contributed by atoms with Crippen molar-refractivity contribution in [3.63, 3.8) is 0 Å². The zero-order chi connectivity index (χ0) is 14.6. The zero-order valence-corrected chi connectivity index (χ0v) is 13.1. The minimum atomic E-state index is -0.374. The third kappa shape index (κ3) is 3.41. The molecule has 2 rings (SSSR count). The van der Waals surface area contributed by atoms with Crippen LogP contribution in [0, 0.1) is 0 Å². The van der Waals surface area contributed by atoms with Gasteiger partial charge in [-0.3, -0.25) is 0 Å². The monoisotopic (exact) mass is 328 g/mol. The first-order valence-electron chi connectivity index (χ1n) is 6.25. The fourth-order valence-corrected chi connectivity index (χ4v) is 3.16. The first kappa shape index (κ1) is 15.5. The van der Waals surface area contributed by atoms with Crippen LogP contribution in [-0.4, -0.2) is 16.9 Å². The summed E-state index contributed by atoms with van der Waals surface area (Å²) in [6.07, 6.45) is 0.663. The topological polar surface area (TPSA) is 20.2 Å². The predicted molar refractivity (Wildman–Crippen MR) is 86.4 cm³/mol. The highest BCUT2D eigenvalue weighted by Crippen LogP contribution is 2.33. The first-order valence-corrected chi connectivity index (χ1v) is 7.70. The van der Waals surface area contributed by atoms with Crippen molar-refractivity contribution >= 4 is 34.8 Å². The summed E-state index contributed by atoms with van der Waals surface area (Å²) < 4.78 is 0. The Morgan fingerprint density at radius 1 is 0.950 bits per heavy atom. The maximum atomic E-state index is 9.58. The second-order valence-electron chi connectivity index (χ2n) is 4.90. The molecule has 0 saturated carbocycles. The molecule has 0 atom stereocenters. The van der Waals surface area contributed by atoms with Crippen LogP contribution in [-0.2, 0) is 11.8 Å². The first-order chi connectivity index (χ1) is 9.59. The maximum absolute atomic E-state index is 9.58. The molecule has 106 valence electrons. The number of phenols is 1. The molecule has 0 heterocycles. The molecule has 0 fully saturated rings. The quantitative estimate of drug-likeness (QED) is 0.765. The molecule has 20 heavy (non-hydrogen) atoms. The highest BCUT2D eigenvalue weighted by Gasteiger charge is 2.31. The molecule has 2 aromatic rings. The van der Waals surface area contributed by atoms with Gasteiger partial charge in [0.05, 0.1) is 0 Å². The van der Waals surface area contributed by atoms with Gasteiger partial charge in [-0.2, -0.15) is 0 Å². The van der Waals surface area contributed by atoms with Crippen molar-refractivity contribution in [2.45, 2.75) is 11.8 Å². The van der Waals surface area contributed by atoms with Crippen LogP contribution in [0.2, 0.25) is 5.02 Å². The van der Waals surface area contributed by atoms with E-state index in [0.29, 0.717) is 23.2 Å². The van der Waals surface area contributed by atoms with Crippen LogP contribution in [0.25, 0.3) is 0 Å².